The van der Waals surface area contributed by atoms with Crippen molar-refractivity contribution in [2.24, 2.45) is 0 Å². The molecule has 16 heavy (non-hydrogen) atoms. The zero-order valence-electron chi connectivity index (χ0n) is 10.3. The summed E-state index contributed by atoms with van der Waals surface area (Å²) in [6.07, 6.45) is 6.64. The molecule has 0 fully saturated rings. The van der Waals surface area contributed by atoms with Crippen LogP contribution in [0.2, 0.25) is 0 Å². The van der Waals surface area contributed by atoms with Crippen LogP contribution in [0.4, 0.5) is 0 Å². The number of aryl methyl sites for hydroxylation is 1. The van der Waals surface area contributed by atoms with Crippen LogP contribution in [0.15, 0.2) is 18.3 Å². The summed E-state index contributed by atoms with van der Waals surface area (Å²) in [6, 6.07) is 4.29. The molecule has 0 unspecified atom stereocenters. The van der Waals surface area contributed by atoms with Gasteiger partial charge < -0.3 is 15.0 Å². The lowest BCUT2D eigenvalue weighted by atomic mass is 10.2. The van der Waals surface area contributed by atoms with Gasteiger partial charge in [0.15, 0.2) is 0 Å². The van der Waals surface area contributed by atoms with Gasteiger partial charge in [-0.2, -0.15) is 0 Å². The maximum Gasteiger partial charge on any atom is 0.0431 e. The molecule has 3 heteroatoms. The SMILES string of the molecule is CCNCc1cccn1CCCCCCO. The second-order valence-electron chi connectivity index (χ2n) is 4.11. The van der Waals surface area contributed by atoms with Gasteiger partial charge in [-0.05, 0) is 31.5 Å². The molecule has 0 aliphatic heterocycles. The maximum absolute atomic E-state index is 8.68. The van der Waals surface area contributed by atoms with E-state index >= 15 is 0 Å². The highest BCUT2D eigenvalue weighted by Crippen LogP contribution is 2.06. The average Bonchev–Trinajstić information content (AvgIpc) is 2.74. The Hall–Kier alpha value is -0.800. The van der Waals surface area contributed by atoms with Crippen molar-refractivity contribution in [1.82, 2.24) is 9.88 Å². The number of nitrogens with zero attached hydrogens (tertiary/aromatic N) is 1. The predicted octanol–water partition coefficient (Wildman–Crippen LogP) is 2.15. The fraction of sp³-hybridized carbons (Fsp3) is 0.692. The van der Waals surface area contributed by atoms with Crippen LogP contribution < -0.4 is 5.32 Å². The molecule has 1 rings (SSSR count). The summed E-state index contributed by atoms with van der Waals surface area (Å²) in [4.78, 5) is 0. The lowest BCUT2D eigenvalue weighted by Gasteiger charge is -2.09. The van der Waals surface area contributed by atoms with Crippen LogP contribution in [0.5, 0.6) is 0 Å². The average molecular weight is 224 g/mol. The van der Waals surface area contributed by atoms with Crippen LogP contribution in [-0.4, -0.2) is 22.8 Å². The van der Waals surface area contributed by atoms with Gasteiger partial charge in [-0.15, -0.1) is 0 Å². The van der Waals surface area contributed by atoms with Gasteiger partial charge in [-0.1, -0.05) is 19.8 Å². The Kier molecular flexibility index (Phi) is 6.93. The number of unbranched alkanes of at least 4 members (excludes halogenated alkanes) is 3. The van der Waals surface area contributed by atoms with Gasteiger partial charge in [-0.25, -0.2) is 0 Å². The fourth-order valence-electron chi connectivity index (χ4n) is 1.83. The summed E-state index contributed by atoms with van der Waals surface area (Å²) in [5.74, 6) is 0. The van der Waals surface area contributed by atoms with Crippen molar-refractivity contribution in [1.29, 1.82) is 0 Å². The number of aliphatic hydroxyl groups excluding tert-OH is 1. The molecule has 3 nitrogen and oxygen atoms in total. The number of hydrogen-bond donors (Lipinski definition) is 2. The molecule has 0 aromatic carbocycles. The first-order chi connectivity index (χ1) is 7.88. The zero-order chi connectivity index (χ0) is 11.6. The third-order valence-corrected chi connectivity index (χ3v) is 2.79. The van der Waals surface area contributed by atoms with E-state index in [4.69, 9.17) is 5.11 Å². The van der Waals surface area contributed by atoms with Gasteiger partial charge >= 0.3 is 0 Å². The highest BCUT2D eigenvalue weighted by molar-refractivity contribution is 5.06. The molecule has 1 aromatic rings. The van der Waals surface area contributed by atoms with Gasteiger partial charge in [-0.3, -0.25) is 0 Å². The molecule has 1 heterocycles. The molecule has 0 saturated carbocycles. The zero-order valence-corrected chi connectivity index (χ0v) is 10.3. The summed E-state index contributed by atoms with van der Waals surface area (Å²) in [7, 11) is 0. The van der Waals surface area contributed by atoms with Crippen LogP contribution in [0.3, 0.4) is 0 Å². The van der Waals surface area contributed by atoms with Gasteiger partial charge in [0.25, 0.3) is 0 Å². The Labute approximate surface area is 98.5 Å². The topological polar surface area (TPSA) is 37.2 Å². The first-order valence-electron chi connectivity index (χ1n) is 6.34. The van der Waals surface area contributed by atoms with E-state index in [0.29, 0.717) is 6.61 Å². The highest BCUT2D eigenvalue weighted by atomic mass is 16.2. The Morgan fingerprint density at radius 3 is 2.81 bits per heavy atom. The van der Waals surface area contributed by atoms with Gasteiger partial charge in [0.1, 0.15) is 0 Å². The summed E-state index contributed by atoms with van der Waals surface area (Å²) < 4.78 is 2.32. The largest absolute Gasteiger partial charge is 0.396 e. The second kappa shape index (κ2) is 8.36. The molecule has 0 aliphatic rings. The van der Waals surface area contributed by atoms with Gasteiger partial charge in [0.05, 0.1) is 0 Å². The molecule has 0 bridgehead atoms. The minimum absolute atomic E-state index is 0.329. The van der Waals surface area contributed by atoms with Crippen molar-refractivity contribution in [3.8, 4) is 0 Å². The quantitative estimate of drug-likeness (QED) is 0.631. The Morgan fingerprint density at radius 1 is 1.25 bits per heavy atom. The van der Waals surface area contributed by atoms with E-state index < -0.39 is 0 Å². The van der Waals surface area contributed by atoms with E-state index in [-0.39, 0.29) is 0 Å². The number of rotatable bonds is 9. The van der Waals surface area contributed by atoms with Crippen molar-refractivity contribution in [2.45, 2.75) is 45.7 Å². The Bertz CT molecular complexity index is 271. The molecule has 0 amide bonds. The minimum atomic E-state index is 0.329. The standard InChI is InChI=1S/C13H24N2O/c1-2-14-12-13-8-7-10-15(13)9-5-3-4-6-11-16/h7-8,10,14,16H,2-6,9,11-12H2,1H3. The summed E-state index contributed by atoms with van der Waals surface area (Å²) in [5.41, 5.74) is 1.36. The molecule has 0 aliphatic carbocycles. The van der Waals surface area contributed by atoms with Crippen molar-refractivity contribution >= 4 is 0 Å². The Balaban J connectivity index is 2.22. The van der Waals surface area contributed by atoms with Crippen LogP contribution in [0, 0.1) is 0 Å². The molecule has 2 N–H and O–H groups in total. The first kappa shape index (κ1) is 13.3. The van der Waals surface area contributed by atoms with E-state index in [2.05, 4.69) is 35.1 Å². The number of nitrogens with one attached hydrogen (secondary N) is 1. The molecule has 0 saturated heterocycles. The third kappa shape index (κ3) is 4.81. The van der Waals surface area contributed by atoms with E-state index in [1.807, 2.05) is 0 Å². The van der Waals surface area contributed by atoms with E-state index in [1.54, 1.807) is 0 Å². The minimum Gasteiger partial charge on any atom is -0.396 e. The number of aromatic nitrogens is 1. The molecule has 0 spiro atoms. The smallest absolute Gasteiger partial charge is 0.0431 e. The monoisotopic (exact) mass is 224 g/mol. The van der Waals surface area contributed by atoms with Crippen LogP contribution in [-0.2, 0) is 13.1 Å². The predicted molar refractivity (Wildman–Crippen MR) is 67.4 cm³/mol. The lowest BCUT2D eigenvalue weighted by Crippen LogP contribution is -2.15. The van der Waals surface area contributed by atoms with Crippen molar-refractivity contribution in [2.75, 3.05) is 13.2 Å². The highest BCUT2D eigenvalue weighted by Gasteiger charge is 1.99. The second-order valence-corrected chi connectivity index (χ2v) is 4.11. The van der Waals surface area contributed by atoms with Crippen molar-refractivity contribution in [3.63, 3.8) is 0 Å². The lowest BCUT2D eigenvalue weighted by molar-refractivity contribution is 0.282. The summed E-state index contributed by atoms with van der Waals surface area (Å²) in [6.45, 7) is 5.53. The maximum atomic E-state index is 8.68. The summed E-state index contributed by atoms with van der Waals surface area (Å²) >= 11 is 0. The van der Waals surface area contributed by atoms with Crippen molar-refractivity contribution < 1.29 is 5.11 Å². The first-order valence-corrected chi connectivity index (χ1v) is 6.34. The molecule has 1 aromatic heterocycles. The van der Waals surface area contributed by atoms with Gasteiger partial charge in [0.2, 0.25) is 0 Å². The summed E-state index contributed by atoms with van der Waals surface area (Å²) in [5, 5.41) is 12.0. The molecular formula is C13H24N2O. The third-order valence-electron chi connectivity index (χ3n) is 2.79. The normalized spacial score (nSPS) is 10.9. The van der Waals surface area contributed by atoms with E-state index in [0.717, 1.165) is 32.5 Å². The molecular weight excluding hydrogens is 200 g/mol. The van der Waals surface area contributed by atoms with Crippen LogP contribution in [0.1, 0.15) is 38.3 Å². The van der Waals surface area contributed by atoms with Crippen LogP contribution >= 0.6 is 0 Å². The number of aliphatic hydroxyl groups is 1. The number of hydrogen-bond acceptors (Lipinski definition) is 2. The van der Waals surface area contributed by atoms with Gasteiger partial charge in [0, 0.05) is 31.6 Å². The molecule has 92 valence electrons. The van der Waals surface area contributed by atoms with Crippen molar-refractivity contribution in [3.05, 3.63) is 24.0 Å². The fourth-order valence-corrected chi connectivity index (χ4v) is 1.83. The van der Waals surface area contributed by atoms with Crippen LogP contribution in [0.25, 0.3) is 0 Å². The Morgan fingerprint density at radius 2 is 2.06 bits per heavy atom. The van der Waals surface area contributed by atoms with E-state index in [1.165, 1.54) is 18.5 Å². The molecule has 0 radical (unpaired) electrons. The van der Waals surface area contributed by atoms with E-state index in [9.17, 15) is 0 Å². The molecule has 0 atom stereocenters.